The van der Waals surface area contributed by atoms with Gasteiger partial charge in [-0.25, -0.2) is 4.79 Å². The maximum atomic E-state index is 12.0. The van der Waals surface area contributed by atoms with Crippen LogP contribution in [0.15, 0.2) is 30.3 Å². The van der Waals surface area contributed by atoms with Crippen molar-refractivity contribution >= 4 is 11.8 Å². The SMILES string of the molecule is CCCCN(C(=O)OC(C)C)c1ccccc1. The predicted molar refractivity (Wildman–Crippen MR) is 70.3 cm³/mol. The van der Waals surface area contributed by atoms with Gasteiger partial charge in [-0.15, -0.1) is 0 Å². The number of nitrogens with zero attached hydrogens (tertiary/aromatic N) is 1. The lowest BCUT2D eigenvalue weighted by atomic mass is 10.2. The largest absolute Gasteiger partial charge is 0.446 e. The fraction of sp³-hybridized carbons (Fsp3) is 0.500. The van der Waals surface area contributed by atoms with E-state index in [1.165, 1.54) is 0 Å². The number of hydrogen-bond acceptors (Lipinski definition) is 2. The van der Waals surface area contributed by atoms with Gasteiger partial charge in [0.05, 0.1) is 6.10 Å². The quantitative estimate of drug-likeness (QED) is 0.776. The third kappa shape index (κ3) is 4.47. The molecule has 1 amide bonds. The standard InChI is InChI=1S/C14H21NO2/c1-4-5-11-15(14(16)17-12(2)3)13-9-7-6-8-10-13/h6-10,12H,4-5,11H2,1-3H3. The van der Waals surface area contributed by atoms with E-state index in [9.17, 15) is 4.79 Å². The Hall–Kier alpha value is -1.51. The van der Waals surface area contributed by atoms with Crippen LogP contribution in [0, 0.1) is 0 Å². The number of benzene rings is 1. The van der Waals surface area contributed by atoms with Crippen molar-refractivity contribution < 1.29 is 9.53 Å². The molecule has 3 heteroatoms. The van der Waals surface area contributed by atoms with Gasteiger partial charge in [-0.1, -0.05) is 31.5 Å². The summed E-state index contributed by atoms with van der Waals surface area (Å²) in [6.45, 7) is 6.53. The van der Waals surface area contributed by atoms with Crippen LogP contribution in [0.2, 0.25) is 0 Å². The second-order valence-corrected chi connectivity index (χ2v) is 4.27. The lowest BCUT2D eigenvalue weighted by Crippen LogP contribution is -2.34. The van der Waals surface area contributed by atoms with Crippen molar-refractivity contribution in [1.82, 2.24) is 0 Å². The Morgan fingerprint density at radius 1 is 1.29 bits per heavy atom. The molecule has 0 spiro atoms. The Morgan fingerprint density at radius 3 is 2.47 bits per heavy atom. The minimum atomic E-state index is -0.264. The predicted octanol–water partition coefficient (Wildman–Crippen LogP) is 3.84. The van der Waals surface area contributed by atoms with Crippen molar-refractivity contribution in [1.29, 1.82) is 0 Å². The summed E-state index contributed by atoms with van der Waals surface area (Å²) in [6.07, 6.45) is 1.68. The van der Waals surface area contributed by atoms with E-state index in [0.29, 0.717) is 6.54 Å². The van der Waals surface area contributed by atoms with Crippen LogP contribution in [0.25, 0.3) is 0 Å². The van der Waals surface area contributed by atoms with Gasteiger partial charge < -0.3 is 4.74 Å². The summed E-state index contributed by atoms with van der Waals surface area (Å²) < 4.78 is 5.25. The van der Waals surface area contributed by atoms with E-state index in [0.717, 1.165) is 18.5 Å². The molecule has 0 fully saturated rings. The Balaban J connectivity index is 2.76. The summed E-state index contributed by atoms with van der Waals surface area (Å²) in [5.74, 6) is 0. The van der Waals surface area contributed by atoms with Gasteiger partial charge in [-0.05, 0) is 32.4 Å². The second kappa shape index (κ2) is 6.94. The topological polar surface area (TPSA) is 29.5 Å². The van der Waals surface area contributed by atoms with E-state index in [1.807, 2.05) is 44.2 Å². The minimum absolute atomic E-state index is 0.0876. The first-order chi connectivity index (χ1) is 8.15. The van der Waals surface area contributed by atoms with Crippen LogP contribution >= 0.6 is 0 Å². The third-order valence-electron chi connectivity index (χ3n) is 2.36. The van der Waals surface area contributed by atoms with Gasteiger partial charge in [0.15, 0.2) is 0 Å². The average Bonchev–Trinajstić information content (AvgIpc) is 2.30. The molecule has 0 heterocycles. The van der Waals surface area contributed by atoms with Gasteiger partial charge in [-0.2, -0.15) is 0 Å². The molecule has 0 saturated carbocycles. The monoisotopic (exact) mass is 235 g/mol. The highest BCUT2D eigenvalue weighted by Gasteiger charge is 2.17. The lowest BCUT2D eigenvalue weighted by Gasteiger charge is -2.23. The molecule has 17 heavy (non-hydrogen) atoms. The first kappa shape index (κ1) is 13.6. The molecule has 0 saturated heterocycles. The molecule has 94 valence electrons. The average molecular weight is 235 g/mol. The molecule has 0 N–H and O–H groups in total. The number of rotatable bonds is 5. The van der Waals surface area contributed by atoms with Crippen LogP contribution in [-0.4, -0.2) is 18.7 Å². The van der Waals surface area contributed by atoms with E-state index in [4.69, 9.17) is 4.74 Å². The van der Waals surface area contributed by atoms with Gasteiger partial charge >= 0.3 is 6.09 Å². The zero-order valence-corrected chi connectivity index (χ0v) is 10.8. The van der Waals surface area contributed by atoms with Crippen molar-refractivity contribution in [3.05, 3.63) is 30.3 Å². The summed E-state index contributed by atoms with van der Waals surface area (Å²) in [4.78, 5) is 13.7. The molecule has 0 radical (unpaired) electrons. The van der Waals surface area contributed by atoms with Gasteiger partial charge in [0, 0.05) is 12.2 Å². The first-order valence-corrected chi connectivity index (χ1v) is 6.18. The first-order valence-electron chi connectivity index (χ1n) is 6.18. The summed E-state index contributed by atoms with van der Waals surface area (Å²) in [7, 11) is 0. The number of amides is 1. The molecule has 0 unspecified atom stereocenters. The van der Waals surface area contributed by atoms with Gasteiger partial charge in [0.1, 0.15) is 0 Å². The summed E-state index contributed by atoms with van der Waals surface area (Å²) in [5.41, 5.74) is 0.895. The number of carbonyl (C=O) groups excluding carboxylic acids is 1. The molecule has 3 nitrogen and oxygen atoms in total. The zero-order valence-electron chi connectivity index (χ0n) is 10.8. The number of carbonyl (C=O) groups is 1. The summed E-state index contributed by atoms with van der Waals surface area (Å²) >= 11 is 0. The van der Waals surface area contributed by atoms with E-state index in [1.54, 1.807) is 4.90 Å². The Labute approximate surface area is 103 Å². The molecule has 0 atom stereocenters. The van der Waals surface area contributed by atoms with Crippen molar-refractivity contribution in [2.75, 3.05) is 11.4 Å². The highest BCUT2D eigenvalue weighted by atomic mass is 16.6. The molecule has 0 aliphatic rings. The number of anilines is 1. The van der Waals surface area contributed by atoms with Gasteiger partial charge in [0.2, 0.25) is 0 Å². The molecule has 0 aliphatic carbocycles. The lowest BCUT2D eigenvalue weighted by molar-refractivity contribution is 0.122. The van der Waals surface area contributed by atoms with E-state index >= 15 is 0 Å². The number of para-hydroxylation sites is 1. The van der Waals surface area contributed by atoms with Crippen LogP contribution in [0.3, 0.4) is 0 Å². The second-order valence-electron chi connectivity index (χ2n) is 4.27. The van der Waals surface area contributed by atoms with Crippen molar-refractivity contribution in [2.24, 2.45) is 0 Å². The minimum Gasteiger partial charge on any atom is -0.446 e. The summed E-state index contributed by atoms with van der Waals surface area (Å²) in [5, 5.41) is 0. The Bertz CT molecular complexity index is 335. The van der Waals surface area contributed by atoms with Crippen molar-refractivity contribution in [3.63, 3.8) is 0 Å². The van der Waals surface area contributed by atoms with Crippen molar-refractivity contribution in [3.8, 4) is 0 Å². The Morgan fingerprint density at radius 2 is 1.94 bits per heavy atom. The molecular weight excluding hydrogens is 214 g/mol. The van der Waals surface area contributed by atoms with Crippen LogP contribution in [0.4, 0.5) is 10.5 Å². The molecular formula is C14H21NO2. The number of ether oxygens (including phenoxy) is 1. The zero-order chi connectivity index (χ0) is 12.7. The molecule has 1 aromatic rings. The normalized spacial score (nSPS) is 10.4. The van der Waals surface area contributed by atoms with Gasteiger partial charge in [0.25, 0.3) is 0 Å². The smallest absolute Gasteiger partial charge is 0.414 e. The van der Waals surface area contributed by atoms with E-state index < -0.39 is 0 Å². The van der Waals surface area contributed by atoms with Gasteiger partial charge in [-0.3, -0.25) is 4.90 Å². The highest BCUT2D eigenvalue weighted by molar-refractivity contribution is 5.87. The molecule has 0 bridgehead atoms. The Kier molecular flexibility index (Phi) is 5.53. The van der Waals surface area contributed by atoms with E-state index in [-0.39, 0.29) is 12.2 Å². The molecule has 0 aliphatic heterocycles. The maximum Gasteiger partial charge on any atom is 0.414 e. The number of hydrogen-bond donors (Lipinski definition) is 0. The maximum absolute atomic E-state index is 12.0. The van der Waals surface area contributed by atoms with Crippen LogP contribution in [0.1, 0.15) is 33.6 Å². The fourth-order valence-corrected chi connectivity index (χ4v) is 1.52. The number of unbranched alkanes of at least 4 members (excludes halogenated alkanes) is 1. The van der Waals surface area contributed by atoms with Crippen LogP contribution in [0.5, 0.6) is 0 Å². The fourth-order valence-electron chi connectivity index (χ4n) is 1.52. The van der Waals surface area contributed by atoms with Crippen molar-refractivity contribution in [2.45, 2.75) is 39.7 Å². The van der Waals surface area contributed by atoms with Crippen LogP contribution < -0.4 is 4.90 Å². The third-order valence-corrected chi connectivity index (χ3v) is 2.36. The van der Waals surface area contributed by atoms with Crippen LogP contribution in [-0.2, 0) is 4.74 Å². The molecule has 1 rings (SSSR count). The highest BCUT2D eigenvalue weighted by Crippen LogP contribution is 2.16. The van der Waals surface area contributed by atoms with E-state index in [2.05, 4.69) is 6.92 Å². The molecule has 0 aromatic heterocycles. The summed E-state index contributed by atoms with van der Waals surface area (Å²) in [6, 6.07) is 9.65. The molecule has 1 aromatic carbocycles.